The Morgan fingerprint density at radius 1 is 1.03 bits per heavy atom. The van der Waals surface area contributed by atoms with Crippen LogP contribution in [-0.2, 0) is 14.4 Å². The molecular formula is C27H21Cl2N3O5. The summed E-state index contributed by atoms with van der Waals surface area (Å²) < 4.78 is 5.67. The minimum absolute atomic E-state index is 0.207. The molecule has 1 saturated heterocycles. The van der Waals surface area contributed by atoms with Crippen molar-refractivity contribution in [3.63, 3.8) is 0 Å². The van der Waals surface area contributed by atoms with Crippen molar-refractivity contribution in [1.82, 2.24) is 5.32 Å². The van der Waals surface area contributed by atoms with Crippen molar-refractivity contribution in [2.24, 2.45) is 0 Å². The average Bonchev–Trinajstić information content (AvgIpc) is 2.85. The normalized spacial score (nSPS) is 14.5. The Labute approximate surface area is 222 Å². The highest BCUT2D eigenvalue weighted by atomic mass is 35.5. The highest BCUT2D eigenvalue weighted by Crippen LogP contribution is 2.31. The number of carbonyl (C=O) groups is 4. The second-order valence-electron chi connectivity index (χ2n) is 8.23. The van der Waals surface area contributed by atoms with Crippen LogP contribution in [0.5, 0.6) is 5.75 Å². The van der Waals surface area contributed by atoms with Crippen LogP contribution in [-0.4, -0.2) is 30.4 Å². The number of hydrogen-bond donors (Lipinski definition) is 2. The highest BCUT2D eigenvalue weighted by Gasteiger charge is 2.37. The number of aryl methyl sites for hydroxylation is 1. The summed E-state index contributed by atoms with van der Waals surface area (Å²) in [4.78, 5) is 51.7. The van der Waals surface area contributed by atoms with E-state index >= 15 is 0 Å². The maximum atomic E-state index is 13.3. The molecule has 0 atom stereocenters. The molecule has 5 amide bonds. The second kappa shape index (κ2) is 10.9. The van der Waals surface area contributed by atoms with Crippen molar-refractivity contribution in [3.8, 4) is 5.75 Å². The van der Waals surface area contributed by atoms with Gasteiger partial charge in [0, 0.05) is 21.3 Å². The molecule has 3 aromatic rings. The molecule has 0 bridgehead atoms. The molecule has 0 aromatic heterocycles. The lowest BCUT2D eigenvalue weighted by molar-refractivity contribution is -0.122. The SMILES string of the molecule is Cc1ccc(NC(=O)COc2ccc(Cl)cc2/C=C2\C(=O)NC(=O)N(c3cccc(Cl)c3C)C2=O)cc1. The van der Waals surface area contributed by atoms with E-state index in [0.29, 0.717) is 21.3 Å². The van der Waals surface area contributed by atoms with Crippen LogP contribution in [0.15, 0.2) is 66.2 Å². The number of amides is 5. The number of anilines is 2. The number of carbonyl (C=O) groups excluding carboxylic acids is 4. The third-order valence-electron chi connectivity index (χ3n) is 5.55. The van der Waals surface area contributed by atoms with E-state index in [1.807, 2.05) is 19.1 Å². The zero-order valence-electron chi connectivity index (χ0n) is 19.8. The minimum Gasteiger partial charge on any atom is -0.483 e. The first-order valence-electron chi connectivity index (χ1n) is 11.1. The summed E-state index contributed by atoms with van der Waals surface area (Å²) in [6.07, 6.45) is 1.26. The van der Waals surface area contributed by atoms with Crippen LogP contribution >= 0.6 is 23.2 Å². The number of ether oxygens (including phenoxy) is 1. The number of benzene rings is 3. The Morgan fingerprint density at radius 3 is 2.49 bits per heavy atom. The number of rotatable bonds is 6. The number of imide groups is 2. The molecule has 0 radical (unpaired) electrons. The van der Waals surface area contributed by atoms with Gasteiger partial charge in [-0.2, -0.15) is 0 Å². The molecule has 1 aliphatic rings. The Balaban J connectivity index is 1.60. The predicted molar refractivity (Wildman–Crippen MR) is 142 cm³/mol. The maximum absolute atomic E-state index is 13.3. The quantitative estimate of drug-likeness (QED) is 0.328. The zero-order chi connectivity index (χ0) is 26.7. The molecule has 0 saturated carbocycles. The van der Waals surface area contributed by atoms with Gasteiger partial charge in [0.15, 0.2) is 6.61 Å². The number of nitrogens with one attached hydrogen (secondary N) is 2. The molecule has 2 N–H and O–H groups in total. The van der Waals surface area contributed by atoms with Crippen LogP contribution in [0.1, 0.15) is 16.7 Å². The van der Waals surface area contributed by atoms with Crippen molar-refractivity contribution in [1.29, 1.82) is 0 Å². The molecule has 37 heavy (non-hydrogen) atoms. The maximum Gasteiger partial charge on any atom is 0.335 e. The van der Waals surface area contributed by atoms with E-state index in [4.69, 9.17) is 27.9 Å². The van der Waals surface area contributed by atoms with E-state index in [0.717, 1.165) is 10.5 Å². The fraction of sp³-hybridized carbons (Fsp3) is 0.111. The Bertz CT molecular complexity index is 1450. The highest BCUT2D eigenvalue weighted by molar-refractivity contribution is 6.40. The van der Waals surface area contributed by atoms with Crippen LogP contribution in [0.4, 0.5) is 16.2 Å². The van der Waals surface area contributed by atoms with Gasteiger partial charge in [0.1, 0.15) is 11.3 Å². The largest absolute Gasteiger partial charge is 0.483 e. The van der Waals surface area contributed by atoms with Crippen molar-refractivity contribution in [2.75, 3.05) is 16.8 Å². The topological polar surface area (TPSA) is 105 Å². The Morgan fingerprint density at radius 2 is 1.76 bits per heavy atom. The van der Waals surface area contributed by atoms with Crippen molar-refractivity contribution < 1.29 is 23.9 Å². The van der Waals surface area contributed by atoms with Gasteiger partial charge < -0.3 is 10.1 Å². The third-order valence-corrected chi connectivity index (χ3v) is 6.19. The molecule has 0 spiro atoms. The molecule has 1 heterocycles. The summed E-state index contributed by atoms with van der Waals surface area (Å²) in [7, 11) is 0. The van der Waals surface area contributed by atoms with Crippen LogP contribution in [0.3, 0.4) is 0 Å². The van der Waals surface area contributed by atoms with Gasteiger partial charge in [0.2, 0.25) is 0 Å². The molecule has 4 rings (SSSR count). The number of nitrogens with zero attached hydrogens (tertiary/aromatic N) is 1. The molecule has 0 aliphatic carbocycles. The standard InChI is InChI=1S/C27H21Cl2N3O5/c1-15-6-9-19(10-7-15)30-24(33)14-37-23-11-8-18(28)12-17(23)13-20-25(34)31-27(36)32(26(20)35)22-5-3-4-21(29)16(22)2/h3-13H,14H2,1-2H3,(H,30,33)(H,31,34,36)/b20-13+. The smallest absolute Gasteiger partial charge is 0.335 e. The number of barbiturate groups is 1. The van der Waals surface area contributed by atoms with Crippen LogP contribution in [0, 0.1) is 13.8 Å². The molecule has 188 valence electrons. The molecule has 1 aliphatic heterocycles. The summed E-state index contributed by atoms with van der Waals surface area (Å²) >= 11 is 12.3. The second-order valence-corrected chi connectivity index (χ2v) is 9.07. The van der Waals surface area contributed by atoms with Gasteiger partial charge >= 0.3 is 6.03 Å². The lowest BCUT2D eigenvalue weighted by Crippen LogP contribution is -2.54. The van der Waals surface area contributed by atoms with E-state index in [1.165, 1.54) is 18.2 Å². The molecular weight excluding hydrogens is 517 g/mol. The summed E-state index contributed by atoms with van der Waals surface area (Å²) in [6.45, 7) is 3.26. The van der Waals surface area contributed by atoms with Crippen molar-refractivity contribution in [2.45, 2.75) is 13.8 Å². The minimum atomic E-state index is -0.895. The monoisotopic (exact) mass is 537 g/mol. The lowest BCUT2D eigenvalue weighted by atomic mass is 10.0. The first-order valence-corrected chi connectivity index (χ1v) is 11.8. The summed E-state index contributed by atoms with van der Waals surface area (Å²) in [5.41, 5.74) is 2.35. The fourth-order valence-electron chi connectivity index (χ4n) is 3.61. The fourth-order valence-corrected chi connectivity index (χ4v) is 3.96. The molecule has 8 nitrogen and oxygen atoms in total. The van der Waals surface area contributed by atoms with E-state index in [-0.39, 0.29) is 29.2 Å². The Kier molecular flexibility index (Phi) is 7.61. The van der Waals surface area contributed by atoms with E-state index in [9.17, 15) is 19.2 Å². The van der Waals surface area contributed by atoms with Crippen LogP contribution < -0.4 is 20.3 Å². The zero-order valence-corrected chi connectivity index (χ0v) is 21.3. The molecule has 10 heteroatoms. The molecule has 3 aromatic carbocycles. The van der Waals surface area contributed by atoms with Gasteiger partial charge in [0.05, 0.1) is 5.69 Å². The number of halogens is 2. The summed E-state index contributed by atoms with van der Waals surface area (Å²) in [6, 6.07) is 15.7. The third kappa shape index (κ3) is 5.82. The summed E-state index contributed by atoms with van der Waals surface area (Å²) in [5.74, 6) is -1.92. The number of hydrogen-bond acceptors (Lipinski definition) is 5. The van der Waals surface area contributed by atoms with Crippen molar-refractivity contribution >= 4 is 64.4 Å². The first kappa shape index (κ1) is 25.9. The van der Waals surface area contributed by atoms with Crippen LogP contribution in [0.2, 0.25) is 10.0 Å². The average molecular weight is 538 g/mol. The van der Waals surface area contributed by atoms with Gasteiger partial charge in [0.25, 0.3) is 17.7 Å². The van der Waals surface area contributed by atoms with E-state index in [1.54, 1.807) is 43.3 Å². The van der Waals surface area contributed by atoms with Gasteiger partial charge in [-0.05, 0) is 68.0 Å². The first-order chi connectivity index (χ1) is 17.6. The van der Waals surface area contributed by atoms with Gasteiger partial charge in [-0.15, -0.1) is 0 Å². The van der Waals surface area contributed by atoms with E-state index in [2.05, 4.69) is 10.6 Å². The van der Waals surface area contributed by atoms with Crippen molar-refractivity contribution in [3.05, 3.63) is 93.0 Å². The molecule has 1 fully saturated rings. The van der Waals surface area contributed by atoms with E-state index < -0.39 is 23.8 Å². The van der Waals surface area contributed by atoms with Gasteiger partial charge in [-0.1, -0.05) is 47.0 Å². The number of urea groups is 1. The van der Waals surface area contributed by atoms with Crippen LogP contribution in [0.25, 0.3) is 6.08 Å². The predicted octanol–water partition coefficient (Wildman–Crippen LogP) is 5.29. The Hall–Kier alpha value is -4.14. The lowest BCUT2D eigenvalue weighted by Gasteiger charge is -2.27. The van der Waals surface area contributed by atoms with Gasteiger partial charge in [-0.3, -0.25) is 19.7 Å². The summed E-state index contributed by atoms with van der Waals surface area (Å²) in [5, 5.41) is 5.56. The molecule has 0 unspecified atom stereocenters. The van der Waals surface area contributed by atoms with Gasteiger partial charge in [-0.25, -0.2) is 9.69 Å².